The van der Waals surface area contributed by atoms with Crippen LogP contribution in [0.2, 0.25) is 0 Å². The van der Waals surface area contributed by atoms with Gasteiger partial charge in [-0.1, -0.05) is 0 Å². The van der Waals surface area contributed by atoms with Gasteiger partial charge in [-0.2, -0.15) is 0 Å². The van der Waals surface area contributed by atoms with Crippen molar-refractivity contribution >= 4 is 0 Å². The Labute approximate surface area is 86.0 Å². The molecule has 14 heavy (non-hydrogen) atoms. The Kier molecular flexibility index (Phi) is 3.42. The SMILES string of the molecule is CC1COCCN1C1CCCC(O)C1. The van der Waals surface area contributed by atoms with Crippen LogP contribution in [-0.4, -0.2) is 48.0 Å². The lowest BCUT2D eigenvalue weighted by Gasteiger charge is -2.42. The normalized spacial score (nSPS) is 41.1. The molecule has 2 aliphatic rings. The molecule has 82 valence electrons. The summed E-state index contributed by atoms with van der Waals surface area (Å²) in [5.74, 6) is 0. The first-order valence-electron chi connectivity index (χ1n) is 5.79. The zero-order valence-corrected chi connectivity index (χ0v) is 8.98. The van der Waals surface area contributed by atoms with E-state index in [1.54, 1.807) is 0 Å². The summed E-state index contributed by atoms with van der Waals surface area (Å²) in [6.07, 6.45) is 4.32. The van der Waals surface area contributed by atoms with Gasteiger partial charge in [0.25, 0.3) is 0 Å². The maximum atomic E-state index is 9.64. The summed E-state index contributed by atoms with van der Waals surface area (Å²) in [6, 6.07) is 1.12. The van der Waals surface area contributed by atoms with Gasteiger partial charge in [0.2, 0.25) is 0 Å². The van der Waals surface area contributed by atoms with Crippen molar-refractivity contribution in [1.82, 2.24) is 4.90 Å². The van der Waals surface area contributed by atoms with Crippen LogP contribution in [0.25, 0.3) is 0 Å². The lowest BCUT2D eigenvalue weighted by molar-refractivity contribution is -0.0424. The highest BCUT2D eigenvalue weighted by molar-refractivity contribution is 4.84. The zero-order chi connectivity index (χ0) is 9.97. The van der Waals surface area contributed by atoms with Crippen LogP contribution in [0.1, 0.15) is 32.6 Å². The highest BCUT2D eigenvalue weighted by Crippen LogP contribution is 2.25. The van der Waals surface area contributed by atoms with Crippen LogP contribution in [0.3, 0.4) is 0 Å². The Morgan fingerprint density at radius 2 is 2.21 bits per heavy atom. The van der Waals surface area contributed by atoms with Crippen molar-refractivity contribution in [3.63, 3.8) is 0 Å². The molecule has 1 heterocycles. The molecule has 0 aromatic heterocycles. The van der Waals surface area contributed by atoms with Gasteiger partial charge in [0.05, 0.1) is 19.3 Å². The van der Waals surface area contributed by atoms with Crippen molar-refractivity contribution in [1.29, 1.82) is 0 Å². The van der Waals surface area contributed by atoms with Crippen LogP contribution in [0, 0.1) is 0 Å². The molecular weight excluding hydrogens is 178 g/mol. The average molecular weight is 199 g/mol. The van der Waals surface area contributed by atoms with Crippen molar-refractivity contribution in [2.75, 3.05) is 19.8 Å². The third kappa shape index (κ3) is 2.27. The van der Waals surface area contributed by atoms with Gasteiger partial charge >= 0.3 is 0 Å². The number of morpholine rings is 1. The Balaban J connectivity index is 1.91. The predicted octanol–water partition coefficient (Wildman–Crippen LogP) is 1.01. The largest absolute Gasteiger partial charge is 0.393 e. The van der Waals surface area contributed by atoms with Gasteiger partial charge < -0.3 is 9.84 Å². The van der Waals surface area contributed by atoms with E-state index in [-0.39, 0.29) is 6.10 Å². The van der Waals surface area contributed by atoms with Gasteiger partial charge in [-0.05, 0) is 32.6 Å². The smallest absolute Gasteiger partial charge is 0.0619 e. The summed E-state index contributed by atoms with van der Waals surface area (Å²) in [5, 5.41) is 9.64. The molecule has 3 atom stereocenters. The zero-order valence-electron chi connectivity index (χ0n) is 8.98. The molecule has 3 unspecified atom stereocenters. The number of rotatable bonds is 1. The molecule has 0 aromatic rings. The maximum absolute atomic E-state index is 9.64. The molecule has 0 bridgehead atoms. The van der Waals surface area contributed by atoms with E-state index in [1.165, 1.54) is 12.8 Å². The minimum Gasteiger partial charge on any atom is -0.393 e. The summed E-state index contributed by atoms with van der Waals surface area (Å²) in [6.45, 7) is 4.97. The van der Waals surface area contributed by atoms with Crippen LogP contribution in [-0.2, 0) is 4.74 Å². The number of nitrogens with zero attached hydrogens (tertiary/aromatic N) is 1. The third-order valence-corrected chi connectivity index (χ3v) is 3.51. The molecule has 3 nitrogen and oxygen atoms in total. The summed E-state index contributed by atoms with van der Waals surface area (Å²) >= 11 is 0. The number of aliphatic hydroxyl groups is 1. The highest BCUT2D eigenvalue weighted by Gasteiger charge is 2.30. The molecular formula is C11H21NO2. The molecule has 0 radical (unpaired) electrons. The van der Waals surface area contributed by atoms with E-state index in [0.29, 0.717) is 12.1 Å². The Bertz CT molecular complexity index is 186. The van der Waals surface area contributed by atoms with Crippen molar-refractivity contribution in [2.24, 2.45) is 0 Å². The molecule has 2 rings (SSSR count). The van der Waals surface area contributed by atoms with Crippen molar-refractivity contribution in [3.05, 3.63) is 0 Å². The topological polar surface area (TPSA) is 32.7 Å². The number of ether oxygens (including phenoxy) is 1. The van der Waals surface area contributed by atoms with E-state index in [0.717, 1.165) is 32.6 Å². The highest BCUT2D eigenvalue weighted by atomic mass is 16.5. The summed E-state index contributed by atoms with van der Waals surface area (Å²) in [7, 11) is 0. The van der Waals surface area contributed by atoms with Crippen LogP contribution in [0.4, 0.5) is 0 Å². The second-order valence-corrected chi connectivity index (χ2v) is 4.64. The first-order valence-corrected chi connectivity index (χ1v) is 5.79. The monoisotopic (exact) mass is 199 g/mol. The second-order valence-electron chi connectivity index (χ2n) is 4.64. The number of hydrogen-bond acceptors (Lipinski definition) is 3. The van der Waals surface area contributed by atoms with Gasteiger partial charge in [0, 0.05) is 18.6 Å². The van der Waals surface area contributed by atoms with Crippen molar-refractivity contribution in [3.8, 4) is 0 Å². The molecule has 1 aliphatic heterocycles. The van der Waals surface area contributed by atoms with Crippen LogP contribution >= 0.6 is 0 Å². The Morgan fingerprint density at radius 3 is 2.93 bits per heavy atom. The average Bonchev–Trinajstić information content (AvgIpc) is 2.18. The molecule has 0 amide bonds. The summed E-state index contributed by atoms with van der Waals surface area (Å²) in [5.41, 5.74) is 0. The molecule has 0 aromatic carbocycles. The van der Waals surface area contributed by atoms with Gasteiger partial charge in [-0.25, -0.2) is 0 Å². The lowest BCUT2D eigenvalue weighted by atomic mass is 9.91. The molecule has 0 spiro atoms. The molecule has 1 aliphatic carbocycles. The number of hydrogen-bond donors (Lipinski definition) is 1. The van der Waals surface area contributed by atoms with Gasteiger partial charge in [-0.3, -0.25) is 4.90 Å². The van der Waals surface area contributed by atoms with E-state index >= 15 is 0 Å². The molecule has 1 saturated heterocycles. The third-order valence-electron chi connectivity index (χ3n) is 3.51. The fourth-order valence-electron chi connectivity index (χ4n) is 2.72. The predicted molar refractivity (Wildman–Crippen MR) is 55.2 cm³/mol. The van der Waals surface area contributed by atoms with Crippen LogP contribution in [0.5, 0.6) is 0 Å². The quantitative estimate of drug-likeness (QED) is 0.684. The van der Waals surface area contributed by atoms with E-state index in [2.05, 4.69) is 11.8 Å². The van der Waals surface area contributed by atoms with Gasteiger partial charge in [-0.15, -0.1) is 0 Å². The fourth-order valence-corrected chi connectivity index (χ4v) is 2.72. The van der Waals surface area contributed by atoms with Gasteiger partial charge in [0.1, 0.15) is 0 Å². The van der Waals surface area contributed by atoms with E-state index < -0.39 is 0 Å². The Morgan fingerprint density at radius 1 is 1.36 bits per heavy atom. The molecule has 1 saturated carbocycles. The lowest BCUT2D eigenvalue weighted by Crippen LogP contribution is -2.51. The molecule has 2 fully saturated rings. The molecule has 3 heteroatoms. The standard InChI is InChI=1S/C11H21NO2/c1-9-8-14-6-5-12(9)10-3-2-4-11(13)7-10/h9-11,13H,2-8H2,1H3. The van der Waals surface area contributed by atoms with Crippen molar-refractivity contribution in [2.45, 2.75) is 50.8 Å². The van der Waals surface area contributed by atoms with E-state index in [9.17, 15) is 5.11 Å². The minimum atomic E-state index is -0.0659. The number of aliphatic hydroxyl groups excluding tert-OH is 1. The fraction of sp³-hybridized carbons (Fsp3) is 1.00. The first-order chi connectivity index (χ1) is 6.77. The van der Waals surface area contributed by atoms with E-state index in [1.807, 2.05) is 0 Å². The molecule has 1 N–H and O–H groups in total. The first kappa shape index (κ1) is 10.4. The Hall–Kier alpha value is -0.120. The summed E-state index contributed by atoms with van der Waals surface area (Å²) < 4.78 is 5.43. The van der Waals surface area contributed by atoms with Crippen LogP contribution < -0.4 is 0 Å². The van der Waals surface area contributed by atoms with Crippen LogP contribution in [0.15, 0.2) is 0 Å². The maximum Gasteiger partial charge on any atom is 0.0619 e. The van der Waals surface area contributed by atoms with Gasteiger partial charge in [0.15, 0.2) is 0 Å². The van der Waals surface area contributed by atoms with E-state index in [4.69, 9.17) is 4.74 Å². The minimum absolute atomic E-state index is 0.0659. The summed E-state index contributed by atoms with van der Waals surface area (Å²) in [4.78, 5) is 2.52. The van der Waals surface area contributed by atoms with Crippen molar-refractivity contribution < 1.29 is 9.84 Å². The second kappa shape index (κ2) is 4.60.